The zero-order valence-corrected chi connectivity index (χ0v) is 25.8. The number of rotatable bonds is 8. The zero-order valence-electron chi connectivity index (χ0n) is 21.3. The van der Waals surface area contributed by atoms with Crippen molar-refractivity contribution in [1.29, 1.82) is 0 Å². The maximum atomic E-state index is 12.9. The van der Waals surface area contributed by atoms with Gasteiger partial charge >= 0.3 is 220 Å². The van der Waals surface area contributed by atoms with Crippen LogP contribution in [0.2, 0.25) is 0 Å². The normalized spacial score (nSPS) is 16.1. The van der Waals surface area contributed by atoms with Crippen molar-refractivity contribution < 1.29 is 18.8 Å². The number of hydrogen-bond acceptors (Lipinski definition) is 8. The van der Waals surface area contributed by atoms with Gasteiger partial charge in [0.05, 0.1) is 0 Å². The fraction of sp³-hybridized carbons (Fsp3) is 0.542. The Bertz CT molecular complexity index is 1030. The predicted molar refractivity (Wildman–Crippen MR) is 136 cm³/mol. The van der Waals surface area contributed by atoms with Crippen LogP contribution in [0.15, 0.2) is 18.3 Å². The zero-order chi connectivity index (χ0) is 25.0. The first kappa shape index (κ1) is 26.9. The molecule has 1 saturated heterocycles. The van der Waals surface area contributed by atoms with E-state index in [1.807, 2.05) is 21.9 Å². The van der Waals surface area contributed by atoms with E-state index < -0.39 is 13.1 Å². The number of anilines is 3. The fourth-order valence-electron chi connectivity index (χ4n) is 3.69. The Morgan fingerprint density at radius 2 is 2.00 bits per heavy atom. The molecule has 8 nitrogen and oxygen atoms in total. The first-order valence-corrected chi connectivity index (χ1v) is 13.7. The van der Waals surface area contributed by atoms with E-state index in [-0.39, 0.29) is 5.41 Å². The van der Waals surface area contributed by atoms with Crippen molar-refractivity contribution in [2.24, 2.45) is 5.41 Å². The standard InChI is InChI=1S/C24H34BN4O4.Tl/c1-8-16(4)27-21-15(3)12-26-23(29-21)28-18-10-17(9-2)20(19(11-18)22(30)31-7)25-32-13-24(5,6)14-33-25;/h10-12,16H,8-9,13-14H2,1-7H3,(H-,26,27,28,29);/q-1;+1. The summed E-state index contributed by atoms with van der Waals surface area (Å²) in [6.07, 6.45) is 3.55. The molecule has 1 aliphatic heterocycles. The number of methoxy groups -OCH3 is 1. The van der Waals surface area contributed by atoms with E-state index in [2.05, 4.69) is 51.0 Å². The quantitative estimate of drug-likeness (QED) is 0.342. The van der Waals surface area contributed by atoms with Gasteiger partial charge in [0.2, 0.25) is 0 Å². The molecular formula is C24H34BN4O4Tl. The summed E-state index contributed by atoms with van der Waals surface area (Å²) in [7, 11) is 0.796. The van der Waals surface area contributed by atoms with Crippen molar-refractivity contribution in [1.82, 2.24) is 9.97 Å². The summed E-state index contributed by atoms with van der Waals surface area (Å²) in [5, 5.41) is 3.46. The third-order valence-electron chi connectivity index (χ3n) is 5.97. The summed E-state index contributed by atoms with van der Waals surface area (Å²) in [5.74, 6) is 1.03. The van der Waals surface area contributed by atoms with Gasteiger partial charge in [0.15, 0.2) is 0 Å². The first-order valence-electron chi connectivity index (χ1n) is 11.7. The summed E-state index contributed by atoms with van der Waals surface area (Å²) in [5.41, 5.74) is 3.98. The molecule has 2 heterocycles. The molecule has 180 valence electrons. The molecule has 0 amide bonds. The Balaban J connectivity index is 2.03. The number of carbonyl (C=O) groups excluding carboxylic acids is 1. The summed E-state index contributed by atoms with van der Waals surface area (Å²) in [6.45, 7) is 13.6. The van der Waals surface area contributed by atoms with Gasteiger partial charge in [-0.25, -0.2) is 0 Å². The van der Waals surface area contributed by atoms with E-state index in [9.17, 15) is 4.79 Å². The number of nitrogens with one attached hydrogen (secondary N) is 1. The number of carbonyl (C=O) groups is 1. The summed E-state index contributed by atoms with van der Waals surface area (Å²) in [4.78, 5) is 22.2. The van der Waals surface area contributed by atoms with E-state index in [0.717, 1.165) is 34.5 Å². The van der Waals surface area contributed by atoms with Gasteiger partial charge in [0, 0.05) is 0 Å². The second-order valence-electron chi connectivity index (χ2n) is 9.55. The average molecular weight is 658 g/mol. The molecular weight excluding hydrogens is 623 g/mol. The maximum absolute atomic E-state index is 12.9. The molecule has 1 unspecified atom stereocenters. The molecule has 1 aliphatic rings. The Hall–Kier alpha value is -1.72. The van der Waals surface area contributed by atoms with E-state index >= 15 is 0 Å². The molecule has 0 aliphatic carbocycles. The molecule has 3 rings (SSSR count). The second-order valence-corrected chi connectivity index (χ2v) is 11.6. The third-order valence-corrected chi connectivity index (χ3v) is 8.03. The van der Waals surface area contributed by atoms with Gasteiger partial charge in [0.25, 0.3) is 0 Å². The molecule has 1 N–H and O–H groups in total. The van der Waals surface area contributed by atoms with Crippen molar-refractivity contribution in [3.63, 3.8) is 0 Å². The molecule has 0 spiro atoms. The molecule has 10 heteroatoms. The monoisotopic (exact) mass is 658 g/mol. The molecule has 0 radical (unpaired) electrons. The molecule has 1 atom stereocenters. The SMILES string of the molecule is CCc1cc([N]([Tl])c2ncc(C)c(NC(C)CC)n2)cc(C(=O)OC)c1B1OCC(C)(C)CO1. The Kier molecular flexibility index (Phi) is 8.97. The van der Waals surface area contributed by atoms with Gasteiger partial charge in [-0.1, -0.05) is 0 Å². The van der Waals surface area contributed by atoms with Crippen LogP contribution in [0.25, 0.3) is 0 Å². The topological polar surface area (TPSA) is 85.8 Å². The van der Waals surface area contributed by atoms with Gasteiger partial charge in [-0.3, -0.25) is 0 Å². The van der Waals surface area contributed by atoms with Crippen LogP contribution in [0, 0.1) is 12.3 Å². The third kappa shape index (κ3) is 6.09. The van der Waals surface area contributed by atoms with Crippen molar-refractivity contribution in [2.75, 3.05) is 28.3 Å². The van der Waals surface area contributed by atoms with Gasteiger partial charge in [0.1, 0.15) is 0 Å². The number of ether oxygens (including phenoxy) is 1. The summed E-state index contributed by atoms with van der Waals surface area (Å²) >= 11 is 0.369. The van der Waals surface area contributed by atoms with Gasteiger partial charge in [-0.2, -0.15) is 0 Å². The van der Waals surface area contributed by atoms with Crippen LogP contribution in [0.5, 0.6) is 0 Å². The number of aromatic nitrogens is 2. The minimum absolute atomic E-state index is 0.0645. The molecule has 0 bridgehead atoms. The van der Waals surface area contributed by atoms with Crippen LogP contribution in [-0.4, -0.2) is 75.5 Å². The van der Waals surface area contributed by atoms with Gasteiger partial charge < -0.3 is 0 Å². The summed E-state index contributed by atoms with van der Waals surface area (Å²) < 4.78 is 19.3. The van der Waals surface area contributed by atoms with Crippen LogP contribution >= 0.6 is 0 Å². The van der Waals surface area contributed by atoms with Crippen molar-refractivity contribution in [2.45, 2.75) is 60.4 Å². The summed E-state index contributed by atoms with van der Waals surface area (Å²) in [6, 6.07) is 4.24. The van der Waals surface area contributed by atoms with Gasteiger partial charge in [-0.15, -0.1) is 0 Å². The number of esters is 1. The van der Waals surface area contributed by atoms with E-state index in [0.29, 0.717) is 63.3 Å². The number of nitrogens with zero attached hydrogens (tertiary/aromatic N) is 3. The molecule has 1 fully saturated rings. The van der Waals surface area contributed by atoms with Crippen LogP contribution in [-0.2, 0) is 20.5 Å². The molecule has 1 aromatic carbocycles. The molecule has 0 saturated carbocycles. The van der Waals surface area contributed by atoms with E-state index in [4.69, 9.17) is 19.0 Å². The fourth-order valence-corrected chi connectivity index (χ4v) is 4.75. The number of hydrogen-bond donors (Lipinski definition) is 1. The molecule has 2 aromatic rings. The van der Waals surface area contributed by atoms with Crippen molar-refractivity contribution in [3.8, 4) is 0 Å². The van der Waals surface area contributed by atoms with Crippen LogP contribution in [0.4, 0.5) is 17.5 Å². The van der Waals surface area contributed by atoms with Crippen LogP contribution in [0.3, 0.4) is 0 Å². The van der Waals surface area contributed by atoms with Crippen molar-refractivity contribution in [3.05, 3.63) is 35.0 Å². The Morgan fingerprint density at radius 1 is 1.32 bits per heavy atom. The van der Waals surface area contributed by atoms with Gasteiger partial charge in [-0.05, 0) is 0 Å². The second kappa shape index (κ2) is 11.3. The van der Waals surface area contributed by atoms with Crippen LogP contribution < -0.4 is 13.5 Å². The average Bonchev–Trinajstić information content (AvgIpc) is 2.83. The number of benzene rings is 1. The van der Waals surface area contributed by atoms with E-state index in [1.54, 1.807) is 0 Å². The molecule has 1 aromatic heterocycles. The predicted octanol–water partition coefficient (Wildman–Crippen LogP) is 3.33. The van der Waals surface area contributed by atoms with E-state index in [1.165, 1.54) is 7.11 Å². The van der Waals surface area contributed by atoms with Crippen LogP contribution in [0.1, 0.15) is 62.5 Å². The first-order chi connectivity index (χ1) is 16.1. The molecule has 34 heavy (non-hydrogen) atoms. The Labute approximate surface area is 219 Å². The number of aryl methyl sites for hydroxylation is 2. The van der Waals surface area contributed by atoms with Crippen molar-refractivity contribution >= 4 is 62.1 Å². The Morgan fingerprint density at radius 3 is 2.59 bits per heavy atom. The minimum atomic E-state index is -0.599.